The fourth-order valence-corrected chi connectivity index (χ4v) is 4.59. The molecule has 1 aromatic carbocycles. The van der Waals surface area contributed by atoms with Crippen molar-refractivity contribution < 1.29 is 52.3 Å². The second kappa shape index (κ2) is 21.7. The Kier molecular flexibility index (Phi) is 17.6. The third-order valence-corrected chi connectivity index (χ3v) is 6.82. The standard InChI is InChI=1S/C30H46N4O11/c31-7-9-40-11-13-42-15-17-44-19-21-45-20-18-43-16-14-41-12-10-39-8-6-28(36)32-25-3-1-2-23-24(25)22-34(30(23)38)26-4-5-27(35)33-29(26)37/h1-3,26H,4-22,31H2,(H,32,36)(H,33,35,37). The SMILES string of the molecule is NCCOCCOCCOCCOCCOCCOCCOCCC(=O)Nc1cccc2c1CN(C1CCC(=O)NC1=O)C2=O. The summed E-state index contributed by atoms with van der Waals surface area (Å²) in [6.07, 6.45) is 0.580. The Hall–Kier alpha value is -3.02. The Morgan fingerprint density at radius 3 is 1.80 bits per heavy atom. The molecule has 1 aromatic rings. The third-order valence-electron chi connectivity index (χ3n) is 6.82. The highest BCUT2D eigenvalue weighted by Gasteiger charge is 2.39. The topological polar surface area (TPSA) is 186 Å². The number of imide groups is 1. The minimum absolute atomic E-state index is 0.126. The number of fused-ring (bicyclic) bond motifs is 1. The second-order valence-corrected chi connectivity index (χ2v) is 10.1. The van der Waals surface area contributed by atoms with Gasteiger partial charge in [0.2, 0.25) is 17.7 Å². The van der Waals surface area contributed by atoms with Crippen LogP contribution >= 0.6 is 0 Å². The fraction of sp³-hybridized carbons (Fsp3) is 0.667. The number of piperidine rings is 1. The lowest BCUT2D eigenvalue weighted by Gasteiger charge is -2.29. The number of ether oxygens (including phenoxy) is 7. The number of benzene rings is 1. The first-order chi connectivity index (χ1) is 22.0. The normalized spacial score (nSPS) is 16.2. The molecule has 0 bridgehead atoms. The largest absolute Gasteiger partial charge is 0.379 e. The molecule has 0 spiro atoms. The second-order valence-electron chi connectivity index (χ2n) is 10.1. The molecule has 2 aliphatic heterocycles. The van der Waals surface area contributed by atoms with E-state index in [9.17, 15) is 19.2 Å². The molecule has 15 heteroatoms. The number of nitrogens with zero attached hydrogens (tertiary/aromatic N) is 1. The summed E-state index contributed by atoms with van der Waals surface area (Å²) in [6.45, 7) is 6.91. The molecular weight excluding hydrogens is 592 g/mol. The van der Waals surface area contributed by atoms with Crippen LogP contribution < -0.4 is 16.4 Å². The van der Waals surface area contributed by atoms with Gasteiger partial charge in [-0.05, 0) is 18.6 Å². The number of hydrogen-bond donors (Lipinski definition) is 3. The zero-order chi connectivity index (χ0) is 32.1. The van der Waals surface area contributed by atoms with E-state index in [0.29, 0.717) is 109 Å². The smallest absolute Gasteiger partial charge is 0.255 e. The fourth-order valence-electron chi connectivity index (χ4n) is 4.59. The number of carbonyl (C=O) groups is 4. The molecule has 2 aliphatic rings. The number of amides is 4. The number of rotatable bonds is 25. The van der Waals surface area contributed by atoms with E-state index in [1.807, 2.05) is 0 Å². The van der Waals surface area contributed by atoms with E-state index >= 15 is 0 Å². The van der Waals surface area contributed by atoms with E-state index in [1.165, 1.54) is 4.90 Å². The van der Waals surface area contributed by atoms with Crippen LogP contribution in [0.15, 0.2) is 18.2 Å². The van der Waals surface area contributed by atoms with Gasteiger partial charge in [0.05, 0.1) is 98.9 Å². The molecule has 0 aromatic heterocycles. The Morgan fingerprint density at radius 1 is 0.778 bits per heavy atom. The molecule has 3 rings (SSSR count). The van der Waals surface area contributed by atoms with Gasteiger partial charge in [-0.25, -0.2) is 0 Å². The van der Waals surface area contributed by atoms with Crippen LogP contribution in [0.5, 0.6) is 0 Å². The molecule has 0 radical (unpaired) electrons. The number of nitrogens with one attached hydrogen (secondary N) is 2. The zero-order valence-electron chi connectivity index (χ0n) is 25.8. The van der Waals surface area contributed by atoms with Crippen LogP contribution in [0.1, 0.15) is 35.2 Å². The first kappa shape index (κ1) is 36.4. The van der Waals surface area contributed by atoms with E-state index in [2.05, 4.69) is 10.6 Å². The van der Waals surface area contributed by atoms with E-state index in [1.54, 1.807) is 18.2 Å². The zero-order valence-corrected chi connectivity index (χ0v) is 25.8. The number of carbonyl (C=O) groups excluding carboxylic acids is 4. The predicted molar refractivity (Wildman–Crippen MR) is 161 cm³/mol. The van der Waals surface area contributed by atoms with Crippen LogP contribution in [0.3, 0.4) is 0 Å². The number of anilines is 1. The van der Waals surface area contributed by atoms with Crippen molar-refractivity contribution >= 4 is 29.3 Å². The van der Waals surface area contributed by atoms with Crippen molar-refractivity contribution in [3.63, 3.8) is 0 Å². The molecule has 15 nitrogen and oxygen atoms in total. The van der Waals surface area contributed by atoms with Gasteiger partial charge in [0, 0.05) is 36.3 Å². The lowest BCUT2D eigenvalue weighted by atomic mass is 10.0. The number of nitrogens with two attached hydrogens (primary N) is 1. The Bertz CT molecular complexity index is 1070. The summed E-state index contributed by atoms with van der Waals surface area (Å²) >= 11 is 0. The summed E-state index contributed by atoms with van der Waals surface area (Å²) in [6, 6.07) is 4.36. The van der Waals surface area contributed by atoms with Crippen LogP contribution in [0.2, 0.25) is 0 Å². The molecular formula is C30H46N4O11. The van der Waals surface area contributed by atoms with E-state index in [0.717, 1.165) is 0 Å². The van der Waals surface area contributed by atoms with Crippen molar-refractivity contribution in [3.8, 4) is 0 Å². The van der Waals surface area contributed by atoms with Gasteiger partial charge in [-0.3, -0.25) is 24.5 Å². The van der Waals surface area contributed by atoms with E-state index in [-0.39, 0.29) is 50.1 Å². The highest BCUT2D eigenvalue weighted by atomic mass is 16.6. The van der Waals surface area contributed by atoms with Crippen molar-refractivity contribution in [2.24, 2.45) is 5.73 Å². The highest BCUT2D eigenvalue weighted by molar-refractivity contribution is 6.06. The van der Waals surface area contributed by atoms with E-state index < -0.39 is 11.9 Å². The first-order valence-corrected chi connectivity index (χ1v) is 15.3. The monoisotopic (exact) mass is 638 g/mol. The Morgan fingerprint density at radius 2 is 1.29 bits per heavy atom. The number of hydrogen-bond acceptors (Lipinski definition) is 12. The van der Waals surface area contributed by atoms with Gasteiger partial charge in [0.25, 0.3) is 5.91 Å². The molecule has 252 valence electrons. The first-order valence-electron chi connectivity index (χ1n) is 15.3. The maximum atomic E-state index is 12.9. The van der Waals surface area contributed by atoms with Crippen LogP contribution in [0.4, 0.5) is 5.69 Å². The Balaban J connectivity index is 1.13. The average Bonchev–Trinajstić information content (AvgIpc) is 3.36. The maximum absolute atomic E-state index is 12.9. The molecule has 1 atom stereocenters. The summed E-state index contributed by atoms with van der Waals surface area (Å²) in [5.74, 6) is -1.37. The molecule has 2 heterocycles. The van der Waals surface area contributed by atoms with Crippen molar-refractivity contribution in [2.45, 2.75) is 31.8 Å². The molecule has 1 unspecified atom stereocenters. The summed E-state index contributed by atoms with van der Waals surface area (Å²) in [5.41, 5.74) is 6.93. The van der Waals surface area contributed by atoms with Gasteiger partial charge >= 0.3 is 0 Å². The minimum atomic E-state index is -0.714. The maximum Gasteiger partial charge on any atom is 0.255 e. The van der Waals surface area contributed by atoms with Crippen LogP contribution in [-0.4, -0.2) is 134 Å². The van der Waals surface area contributed by atoms with Gasteiger partial charge in [0.1, 0.15) is 6.04 Å². The lowest BCUT2D eigenvalue weighted by molar-refractivity contribution is -0.137. The van der Waals surface area contributed by atoms with Gasteiger partial charge < -0.3 is 49.1 Å². The van der Waals surface area contributed by atoms with Crippen molar-refractivity contribution in [3.05, 3.63) is 29.3 Å². The average molecular weight is 639 g/mol. The van der Waals surface area contributed by atoms with Crippen LogP contribution in [-0.2, 0) is 54.1 Å². The van der Waals surface area contributed by atoms with Gasteiger partial charge in [-0.1, -0.05) is 6.07 Å². The van der Waals surface area contributed by atoms with Crippen LogP contribution in [0.25, 0.3) is 0 Å². The summed E-state index contributed by atoms with van der Waals surface area (Å²) in [5, 5.41) is 5.12. The quantitative estimate of drug-likeness (QED) is 0.0952. The molecule has 0 aliphatic carbocycles. The van der Waals surface area contributed by atoms with Crippen molar-refractivity contribution in [1.82, 2.24) is 10.2 Å². The summed E-state index contributed by atoms with van der Waals surface area (Å²) in [7, 11) is 0. The summed E-state index contributed by atoms with van der Waals surface area (Å²) in [4.78, 5) is 50.6. The molecule has 1 fully saturated rings. The molecule has 4 N–H and O–H groups in total. The summed E-state index contributed by atoms with van der Waals surface area (Å²) < 4.78 is 37.8. The van der Waals surface area contributed by atoms with Gasteiger partial charge in [-0.15, -0.1) is 0 Å². The van der Waals surface area contributed by atoms with Crippen molar-refractivity contribution in [2.75, 3.05) is 104 Å². The minimum Gasteiger partial charge on any atom is -0.379 e. The Labute approximate surface area is 263 Å². The lowest BCUT2D eigenvalue weighted by Crippen LogP contribution is -2.52. The third kappa shape index (κ3) is 13.5. The van der Waals surface area contributed by atoms with Gasteiger partial charge in [0.15, 0.2) is 0 Å². The molecule has 1 saturated heterocycles. The van der Waals surface area contributed by atoms with Crippen molar-refractivity contribution in [1.29, 1.82) is 0 Å². The molecule has 0 saturated carbocycles. The van der Waals surface area contributed by atoms with Crippen LogP contribution in [0, 0.1) is 0 Å². The van der Waals surface area contributed by atoms with E-state index in [4.69, 9.17) is 38.9 Å². The van der Waals surface area contributed by atoms with Gasteiger partial charge in [-0.2, -0.15) is 0 Å². The molecule has 45 heavy (non-hydrogen) atoms. The molecule has 4 amide bonds. The predicted octanol–water partition coefficient (Wildman–Crippen LogP) is -0.149. The highest BCUT2D eigenvalue weighted by Crippen LogP contribution is 2.32.